The Kier molecular flexibility index (Phi) is 5.86. The van der Waals surface area contributed by atoms with E-state index in [9.17, 15) is 9.59 Å². The third kappa shape index (κ3) is 4.06. The van der Waals surface area contributed by atoms with Gasteiger partial charge in [0.25, 0.3) is 5.56 Å². The van der Waals surface area contributed by atoms with E-state index in [1.165, 1.54) is 10.9 Å². The Morgan fingerprint density at radius 1 is 1.00 bits per heavy atom. The fourth-order valence-corrected chi connectivity index (χ4v) is 4.43. The van der Waals surface area contributed by atoms with Crippen LogP contribution < -0.4 is 10.9 Å². The zero-order valence-corrected chi connectivity index (χ0v) is 19.8. The van der Waals surface area contributed by atoms with Crippen molar-refractivity contribution in [3.63, 3.8) is 0 Å². The molecule has 2 aromatic heterocycles. The molecule has 5 aromatic rings. The van der Waals surface area contributed by atoms with E-state index in [4.69, 9.17) is 23.2 Å². The molecular weight excluding hydrogens is 471 g/mol. The van der Waals surface area contributed by atoms with Gasteiger partial charge >= 0.3 is 0 Å². The van der Waals surface area contributed by atoms with Crippen molar-refractivity contribution in [3.05, 3.63) is 105 Å². The zero-order valence-electron chi connectivity index (χ0n) is 18.3. The number of aromatic nitrogens is 3. The van der Waals surface area contributed by atoms with Gasteiger partial charge in [-0.3, -0.25) is 14.2 Å². The Hall–Kier alpha value is -3.61. The number of anilines is 1. The van der Waals surface area contributed by atoms with E-state index < -0.39 is 0 Å². The second kappa shape index (κ2) is 8.97. The van der Waals surface area contributed by atoms with E-state index >= 15 is 0 Å². The predicted octanol–water partition coefficient (Wildman–Crippen LogP) is 5.65. The Balaban J connectivity index is 1.58. The van der Waals surface area contributed by atoms with Crippen molar-refractivity contribution in [2.24, 2.45) is 0 Å². The zero-order chi connectivity index (χ0) is 23.8. The molecule has 34 heavy (non-hydrogen) atoms. The van der Waals surface area contributed by atoms with Crippen LogP contribution in [0.15, 0.2) is 77.9 Å². The third-order valence-electron chi connectivity index (χ3n) is 5.79. The molecule has 2 heterocycles. The van der Waals surface area contributed by atoms with Crippen LogP contribution in [0.1, 0.15) is 11.1 Å². The quantitative estimate of drug-likeness (QED) is 0.345. The molecular formula is C26H20Cl2N4O2. The van der Waals surface area contributed by atoms with Crippen molar-refractivity contribution in [3.8, 4) is 0 Å². The highest BCUT2D eigenvalue weighted by molar-refractivity contribution is 6.31. The second-order valence-corrected chi connectivity index (χ2v) is 8.90. The van der Waals surface area contributed by atoms with Gasteiger partial charge in [-0.05, 0) is 42.3 Å². The van der Waals surface area contributed by atoms with Crippen LogP contribution in [-0.2, 0) is 17.9 Å². The topological polar surface area (TPSA) is 68.9 Å². The minimum Gasteiger partial charge on any atom is -0.325 e. The first kappa shape index (κ1) is 22.2. The van der Waals surface area contributed by atoms with Gasteiger partial charge in [0.1, 0.15) is 17.6 Å². The summed E-state index contributed by atoms with van der Waals surface area (Å²) in [6.45, 7) is 2.12. The summed E-state index contributed by atoms with van der Waals surface area (Å²) in [4.78, 5) is 31.1. The van der Waals surface area contributed by atoms with Crippen LogP contribution in [-0.4, -0.2) is 20.0 Å². The number of amides is 1. The van der Waals surface area contributed by atoms with Crippen LogP contribution in [0.25, 0.3) is 21.9 Å². The van der Waals surface area contributed by atoms with Gasteiger partial charge in [0, 0.05) is 21.1 Å². The lowest BCUT2D eigenvalue weighted by molar-refractivity contribution is -0.116. The normalized spacial score (nSPS) is 11.3. The summed E-state index contributed by atoms with van der Waals surface area (Å²) in [7, 11) is 0. The summed E-state index contributed by atoms with van der Waals surface area (Å²) in [5.41, 5.74) is 3.77. The van der Waals surface area contributed by atoms with Crippen LogP contribution in [0.4, 0.5) is 5.69 Å². The van der Waals surface area contributed by atoms with E-state index in [2.05, 4.69) is 10.3 Å². The minimum atomic E-state index is -0.275. The Labute approximate surface area is 205 Å². The fourth-order valence-electron chi connectivity index (χ4n) is 4.05. The molecule has 0 atom stereocenters. The molecule has 0 bridgehead atoms. The summed E-state index contributed by atoms with van der Waals surface area (Å²) in [6.07, 6.45) is 1.53. The lowest BCUT2D eigenvalue weighted by Crippen LogP contribution is -2.25. The molecule has 8 heteroatoms. The molecule has 170 valence electrons. The van der Waals surface area contributed by atoms with Crippen LogP contribution in [0.5, 0.6) is 0 Å². The maximum Gasteiger partial charge on any atom is 0.278 e. The number of benzene rings is 3. The molecule has 0 aliphatic rings. The fraction of sp³-hybridized carbons (Fsp3) is 0.115. The highest BCUT2D eigenvalue weighted by Crippen LogP contribution is 2.26. The number of para-hydroxylation sites is 1. The summed E-state index contributed by atoms with van der Waals surface area (Å²) in [5, 5.41) is 4.82. The van der Waals surface area contributed by atoms with Crippen LogP contribution >= 0.6 is 23.2 Å². The molecule has 0 aliphatic carbocycles. The number of hydrogen-bond acceptors (Lipinski definition) is 3. The van der Waals surface area contributed by atoms with E-state index in [0.717, 1.165) is 22.0 Å². The monoisotopic (exact) mass is 490 g/mol. The molecule has 0 radical (unpaired) electrons. The van der Waals surface area contributed by atoms with E-state index in [0.29, 0.717) is 26.8 Å². The molecule has 6 nitrogen and oxygen atoms in total. The average molecular weight is 491 g/mol. The summed E-state index contributed by atoms with van der Waals surface area (Å²) in [6, 6.07) is 20.3. The largest absolute Gasteiger partial charge is 0.325 e. The number of nitrogens with one attached hydrogen (secondary N) is 1. The standard InChI is InChI=1S/C26H20Cl2N4O2/c1-16-10-11-18(12-21(16)28)30-23(33)14-32-22-9-5-3-7-19(22)24-25(32)26(34)31(15-29-24)13-17-6-2-4-8-20(17)27/h2-12,15H,13-14H2,1H3,(H,30,33). The van der Waals surface area contributed by atoms with Crippen molar-refractivity contribution in [1.29, 1.82) is 0 Å². The van der Waals surface area contributed by atoms with Gasteiger partial charge in [-0.1, -0.05) is 65.7 Å². The SMILES string of the molecule is Cc1ccc(NC(=O)Cn2c3ccccc3c3ncn(Cc4ccccc4Cl)c(=O)c32)cc1Cl. The third-order valence-corrected chi connectivity index (χ3v) is 6.57. The van der Waals surface area contributed by atoms with E-state index in [1.54, 1.807) is 22.8 Å². The summed E-state index contributed by atoms with van der Waals surface area (Å²) in [5.74, 6) is -0.275. The highest BCUT2D eigenvalue weighted by atomic mass is 35.5. The number of nitrogens with zero attached hydrogens (tertiary/aromatic N) is 3. The first-order chi connectivity index (χ1) is 16.4. The number of halogens is 2. The first-order valence-electron chi connectivity index (χ1n) is 10.7. The van der Waals surface area contributed by atoms with E-state index in [-0.39, 0.29) is 24.6 Å². The Morgan fingerprint density at radius 2 is 1.76 bits per heavy atom. The second-order valence-electron chi connectivity index (χ2n) is 8.08. The molecule has 0 unspecified atom stereocenters. The van der Waals surface area contributed by atoms with Crippen molar-refractivity contribution in [2.45, 2.75) is 20.0 Å². The number of hydrogen-bond donors (Lipinski definition) is 1. The number of aryl methyl sites for hydroxylation is 1. The molecule has 5 rings (SSSR count). The van der Waals surface area contributed by atoms with Gasteiger partial charge < -0.3 is 9.88 Å². The maximum absolute atomic E-state index is 13.6. The molecule has 0 aliphatic heterocycles. The number of carbonyl (C=O) groups is 1. The maximum atomic E-state index is 13.6. The van der Waals surface area contributed by atoms with Gasteiger partial charge in [0.05, 0.1) is 18.4 Å². The van der Waals surface area contributed by atoms with Crippen molar-refractivity contribution in [1.82, 2.24) is 14.1 Å². The number of rotatable bonds is 5. The number of carbonyl (C=O) groups excluding carboxylic acids is 1. The predicted molar refractivity (Wildman–Crippen MR) is 137 cm³/mol. The summed E-state index contributed by atoms with van der Waals surface area (Å²) < 4.78 is 3.23. The van der Waals surface area contributed by atoms with Crippen molar-refractivity contribution in [2.75, 3.05) is 5.32 Å². The Morgan fingerprint density at radius 3 is 2.56 bits per heavy atom. The molecule has 0 saturated carbocycles. The van der Waals surface area contributed by atoms with Gasteiger partial charge in [0.15, 0.2) is 0 Å². The van der Waals surface area contributed by atoms with Crippen LogP contribution in [0.2, 0.25) is 10.0 Å². The van der Waals surface area contributed by atoms with Crippen molar-refractivity contribution >= 4 is 56.7 Å². The van der Waals surface area contributed by atoms with Crippen molar-refractivity contribution < 1.29 is 4.79 Å². The molecule has 0 fully saturated rings. The smallest absolute Gasteiger partial charge is 0.278 e. The van der Waals surface area contributed by atoms with E-state index in [1.807, 2.05) is 55.5 Å². The molecule has 1 amide bonds. The van der Waals surface area contributed by atoms with Gasteiger partial charge in [0.2, 0.25) is 5.91 Å². The van der Waals surface area contributed by atoms with Crippen LogP contribution in [0, 0.1) is 6.92 Å². The first-order valence-corrected chi connectivity index (χ1v) is 11.4. The highest BCUT2D eigenvalue weighted by Gasteiger charge is 2.18. The molecule has 0 spiro atoms. The average Bonchev–Trinajstić information content (AvgIpc) is 3.13. The van der Waals surface area contributed by atoms with Gasteiger partial charge in [-0.15, -0.1) is 0 Å². The molecule has 3 aromatic carbocycles. The van der Waals surface area contributed by atoms with Gasteiger partial charge in [-0.25, -0.2) is 4.98 Å². The lowest BCUT2D eigenvalue weighted by atomic mass is 10.2. The lowest BCUT2D eigenvalue weighted by Gasteiger charge is -2.11. The Bertz CT molecular complexity index is 1620. The summed E-state index contributed by atoms with van der Waals surface area (Å²) >= 11 is 12.5. The number of fused-ring (bicyclic) bond motifs is 3. The van der Waals surface area contributed by atoms with Crippen LogP contribution in [0.3, 0.4) is 0 Å². The molecule has 0 saturated heterocycles. The molecule has 1 N–H and O–H groups in total. The van der Waals surface area contributed by atoms with Gasteiger partial charge in [-0.2, -0.15) is 0 Å². The minimum absolute atomic E-state index is 0.0530.